The molecule has 1 aromatic heterocycles. The first-order valence-corrected chi connectivity index (χ1v) is 3.72. The average Bonchev–Trinajstić information content (AvgIpc) is 2.08. The lowest BCUT2D eigenvalue weighted by molar-refractivity contribution is 0.394. The Morgan fingerprint density at radius 2 is 2.42 bits per heavy atom. The van der Waals surface area contributed by atoms with Gasteiger partial charge in [0.05, 0.1) is 19.6 Å². The van der Waals surface area contributed by atoms with Crippen LogP contribution in [0.2, 0.25) is 5.15 Å². The lowest BCUT2D eigenvalue weighted by Gasteiger charge is -2.03. The minimum atomic E-state index is 0.285. The van der Waals surface area contributed by atoms with Crippen LogP contribution in [0.4, 0.5) is 0 Å². The first-order chi connectivity index (χ1) is 5.77. The molecule has 3 nitrogen and oxygen atoms in total. The van der Waals surface area contributed by atoms with Crippen LogP contribution in [0.3, 0.4) is 0 Å². The molecule has 62 valence electrons. The van der Waals surface area contributed by atoms with Gasteiger partial charge in [-0.2, -0.15) is 5.26 Å². The third-order valence-electron chi connectivity index (χ3n) is 1.37. The third kappa shape index (κ3) is 1.86. The van der Waals surface area contributed by atoms with E-state index in [1.54, 1.807) is 12.1 Å². The highest BCUT2D eigenvalue weighted by molar-refractivity contribution is 6.29. The summed E-state index contributed by atoms with van der Waals surface area (Å²) in [6.45, 7) is 0. The molecule has 0 saturated heterocycles. The molecule has 0 unspecified atom stereocenters. The predicted molar refractivity (Wildman–Crippen MR) is 45.1 cm³/mol. The number of hydrogen-bond donors (Lipinski definition) is 0. The van der Waals surface area contributed by atoms with Crippen LogP contribution in [0.1, 0.15) is 5.56 Å². The number of pyridine rings is 1. The second-order valence-electron chi connectivity index (χ2n) is 2.14. The summed E-state index contributed by atoms with van der Waals surface area (Å²) in [5, 5.41) is 8.81. The lowest BCUT2D eigenvalue weighted by Crippen LogP contribution is -1.94. The molecule has 1 rings (SSSR count). The Kier molecular flexibility index (Phi) is 2.89. The van der Waals surface area contributed by atoms with E-state index in [0.29, 0.717) is 11.0 Å². The molecule has 1 aromatic rings. The summed E-state index contributed by atoms with van der Waals surface area (Å²) in [4.78, 5) is 3.90. The summed E-state index contributed by atoms with van der Waals surface area (Å²) >= 11 is 5.62. The van der Waals surface area contributed by atoms with Gasteiger partial charge in [-0.1, -0.05) is 11.6 Å². The van der Waals surface area contributed by atoms with Crippen LogP contribution in [0.5, 0.6) is 5.88 Å². The first kappa shape index (κ1) is 8.82. The summed E-state index contributed by atoms with van der Waals surface area (Å²) in [6, 6.07) is 5.38. The Labute approximate surface area is 75.6 Å². The Bertz CT molecular complexity index is 319. The van der Waals surface area contributed by atoms with Crippen molar-refractivity contribution in [3.05, 3.63) is 22.8 Å². The molecule has 0 fully saturated rings. The van der Waals surface area contributed by atoms with Crippen molar-refractivity contribution >= 4 is 11.6 Å². The molecule has 0 aliphatic heterocycles. The zero-order valence-corrected chi connectivity index (χ0v) is 7.30. The molecule has 0 aromatic carbocycles. The van der Waals surface area contributed by atoms with Gasteiger partial charge in [-0.05, 0) is 12.1 Å². The average molecular weight is 183 g/mol. The molecule has 0 aliphatic carbocycles. The van der Waals surface area contributed by atoms with E-state index in [0.717, 1.165) is 5.56 Å². The van der Waals surface area contributed by atoms with Crippen LogP contribution >= 0.6 is 11.6 Å². The normalized spacial score (nSPS) is 9.08. The quantitative estimate of drug-likeness (QED) is 0.656. The fourth-order valence-corrected chi connectivity index (χ4v) is 0.983. The van der Waals surface area contributed by atoms with E-state index in [1.807, 2.05) is 6.07 Å². The van der Waals surface area contributed by atoms with Gasteiger partial charge in [0, 0.05) is 5.56 Å². The zero-order valence-electron chi connectivity index (χ0n) is 6.54. The summed E-state index contributed by atoms with van der Waals surface area (Å²) in [7, 11) is 1.50. The molecule has 0 bridgehead atoms. The maximum atomic E-state index is 8.44. The van der Waals surface area contributed by atoms with Gasteiger partial charge in [0.25, 0.3) is 0 Å². The van der Waals surface area contributed by atoms with Gasteiger partial charge in [-0.3, -0.25) is 0 Å². The van der Waals surface area contributed by atoms with E-state index >= 15 is 0 Å². The van der Waals surface area contributed by atoms with Crippen molar-refractivity contribution in [2.75, 3.05) is 7.11 Å². The molecule has 0 radical (unpaired) electrons. The highest BCUT2D eigenvalue weighted by Gasteiger charge is 2.03. The molecular formula is C8H7ClN2O. The smallest absolute Gasteiger partial charge is 0.218 e. The van der Waals surface area contributed by atoms with E-state index in [-0.39, 0.29) is 6.42 Å². The number of rotatable bonds is 2. The van der Waals surface area contributed by atoms with Crippen LogP contribution < -0.4 is 4.74 Å². The maximum absolute atomic E-state index is 8.44. The highest BCUT2D eigenvalue weighted by atomic mass is 35.5. The van der Waals surface area contributed by atoms with Gasteiger partial charge < -0.3 is 4.74 Å². The zero-order chi connectivity index (χ0) is 8.97. The lowest BCUT2D eigenvalue weighted by atomic mass is 10.2. The van der Waals surface area contributed by atoms with E-state index in [9.17, 15) is 0 Å². The molecule has 0 N–H and O–H groups in total. The standard InChI is InChI=1S/C8H7ClN2O/c1-12-8-6(4-5-10)2-3-7(9)11-8/h2-3H,4H2,1H3. The second kappa shape index (κ2) is 3.93. The van der Waals surface area contributed by atoms with Gasteiger partial charge in [0.1, 0.15) is 5.15 Å². The fourth-order valence-electron chi connectivity index (χ4n) is 0.843. The number of aromatic nitrogens is 1. The number of ether oxygens (including phenoxy) is 1. The molecule has 4 heteroatoms. The van der Waals surface area contributed by atoms with E-state index in [4.69, 9.17) is 21.6 Å². The minimum Gasteiger partial charge on any atom is -0.481 e. The van der Waals surface area contributed by atoms with Crippen molar-refractivity contribution in [2.24, 2.45) is 0 Å². The maximum Gasteiger partial charge on any atom is 0.218 e. The first-order valence-electron chi connectivity index (χ1n) is 3.34. The predicted octanol–water partition coefficient (Wildman–Crippen LogP) is 1.81. The summed E-state index contributed by atoms with van der Waals surface area (Å²) in [5.41, 5.74) is 0.754. The molecule has 0 atom stereocenters. The molecular weight excluding hydrogens is 176 g/mol. The van der Waals surface area contributed by atoms with E-state index in [1.165, 1.54) is 7.11 Å². The highest BCUT2D eigenvalue weighted by Crippen LogP contribution is 2.18. The molecule has 0 spiro atoms. The van der Waals surface area contributed by atoms with E-state index in [2.05, 4.69) is 4.98 Å². The third-order valence-corrected chi connectivity index (χ3v) is 1.58. The topological polar surface area (TPSA) is 45.9 Å². The second-order valence-corrected chi connectivity index (χ2v) is 2.52. The summed E-state index contributed by atoms with van der Waals surface area (Å²) < 4.78 is 4.93. The van der Waals surface area contributed by atoms with Gasteiger partial charge in [-0.25, -0.2) is 4.98 Å². The van der Waals surface area contributed by atoms with Crippen molar-refractivity contribution in [3.8, 4) is 11.9 Å². The molecule has 12 heavy (non-hydrogen) atoms. The largest absolute Gasteiger partial charge is 0.481 e. The van der Waals surface area contributed by atoms with Crippen molar-refractivity contribution in [1.82, 2.24) is 4.98 Å². The van der Waals surface area contributed by atoms with Gasteiger partial charge in [0.2, 0.25) is 5.88 Å². The van der Waals surface area contributed by atoms with Crippen molar-refractivity contribution < 1.29 is 4.74 Å². The number of hydrogen-bond acceptors (Lipinski definition) is 3. The van der Waals surface area contributed by atoms with Crippen LogP contribution in [-0.2, 0) is 6.42 Å². The molecule has 1 heterocycles. The summed E-state index contributed by atoms with van der Waals surface area (Å²) in [6.07, 6.45) is 0.285. The fraction of sp³-hybridized carbons (Fsp3) is 0.250. The number of halogens is 1. The van der Waals surface area contributed by atoms with Crippen LogP contribution in [0.15, 0.2) is 12.1 Å². The van der Waals surface area contributed by atoms with Crippen molar-refractivity contribution in [1.29, 1.82) is 5.26 Å². The SMILES string of the molecule is COc1nc(Cl)ccc1CC#N. The number of nitriles is 1. The van der Waals surface area contributed by atoms with Crippen molar-refractivity contribution in [2.45, 2.75) is 6.42 Å². The van der Waals surface area contributed by atoms with Crippen LogP contribution in [0.25, 0.3) is 0 Å². The van der Waals surface area contributed by atoms with Gasteiger partial charge in [0.15, 0.2) is 0 Å². The Hall–Kier alpha value is -1.27. The molecule has 0 amide bonds. The number of methoxy groups -OCH3 is 1. The molecule has 0 saturated carbocycles. The summed E-state index contributed by atoms with van der Waals surface area (Å²) in [5.74, 6) is 0.420. The Balaban J connectivity index is 3.04. The van der Waals surface area contributed by atoms with Crippen LogP contribution in [-0.4, -0.2) is 12.1 Å². The monoisotopic (exact) mass is 182 g/mol. The Morgan fingerprint density at radius 1 is 1.67 bits per heavy atom. The van der Waals surface area contributed by atoms with E-state index < -0.39 is 0 Å². The minimum absolute atomic E-state index is 0.285. The van der Waals surface area contributed by atoms with Crippen LogP contribution in [0, 0.1) is 11.3 Å². The molecule has 0 aliphatic rings. The number of nitrogens with zero attached hydrogens (tertiary/aromatic N) is 2. The Morgan fingerprint density at radius 3 is 3.00 bits per heavy atom. The van der Waals surface area contributed by atoms with Gasteiger partial charge in [-0.15, -0.1) is 0 Å². The van der Waals surface area contributed by atoms with Gasteiger partial charge >= 0.3 is 0 Å². The van der Waals surface area contributed by atoms with Crippen molar-refractivity contribution in [3.63, 3.8) is 0 Å².